The molecule has 1 heterocycles. The number of hydrogen-bond donors (Lipinski definition) is 2. The van der Waals surface area contributed by atoms with Gasteiger partial charge in [0.25, 0.3) is 0 Å². The van der Waals surface area contributed by atoms with Crippen molar-refractivity contribution in [1.82, 2.24) is 10.2 Å². The average molecular weight is 272 g/mol. The van der Waals surface area contributed by atoms with E-state index in [0.717, 1.165) is 19.4 Å². The van der Waals surface area contributed by atoms with Crippen LogP contribution in [-0.2, 0) is 9.53 Å². The van der Waals surface area contributed by atoms with Crippen LogP contribution in [0.3, 0.4) is 0 Å². The highest BCUT2D eigenvalue weighted by molar-refractivity contribution is 5.82. The van der Waals surface area contributed by atoms with Crippen molar-refractivity contribution in [3.8, 4) is 0 Å². The molecule has 1 aliphatic rings. The molecule has 1 rings (SSSR count). The van der Waals surface area contributed by atoms with Gasteiger partial charge in [-0.2, -0.15) is 0 Å². The summed E-state index contributed by atoms with van der Waals surface area (Å²) in [5, 5.41) is 11.7. The van der Waals surface area contributed by atoms with Crippen LogP contribution in [-0.4, -0.2) is 54.4 Å². The molecular formula is C13H24N2O4. The standard InChI is InChI=1S/C13H24N2O4/c1-4-9(2)11(12(16)17)14-13(18)15(3)8-10-6-5-7-19-10/h9-11H,4-8H2,1-3H3,(H,14,18)(H,16,17)/t9-,10?,11-/m0/s1. The molecule has 110 valence electrons. The number of urea groups is 1. The highest BCUT2D eigenvalue weighted by atomic mass is 16.5. The summed E-state index contributed by atoms with van der Waals surface area (Å²) in [6, 6.07) is -1.20. The van der Waals surface area contributed by atoms with Gasteiger partial charge in [0.2, 0.25) is 0 Å². The Morgan fingerprint density at radius 1 is 1.53 bits per heavy atom. The van der Waals surface area contributed by atoms with E-state index in [1.54, 1.807) is 7.05 Å². The Morgan fingerprint density at radius 3 is 2.68 bits per heavy atom. The van der Waals surface area contributed by atoms with Gasteiger partial charge in [0.1, 0.15) is 6.04 Å². The molecule has 0 aromatic rings. The van der Waals surface area contributed by atoms with E-state index in [1.807, 2.05) is 13.8 Å². The SMILES string of the molecule is CC[C@H](C)[C@H](NC(=O)N(C)CC1CCCO1)C(=O)O. The van der Waals surface area contributed by atoms with Crippen molar-refractivity contribution in [3.63, 3.8) is 0 Å². The monoisotopic (exact) mass is 272 g/mol. The molecule has 6 heteroatoms. The summed E-state index contributed by atoms with van der Waals surface area (Å²) >= 11 is 0. The molecule has 2 N–H and O–H groups in total. The lowest BCUT2D eigenvalue weighted by Gasteiger charge is -2.25. The van der Waals surface area contributed by atoms with Crippen LogP contribution in [0.5, 0.6) is 0 Å². The Hall–Kier alpha value is -1.30. The van der Waals surface area contributed by atoms with Crippen LogP contribution in [0.4, 0.5) is 4.79 Å². The molecular weight excluding hydrogens is 248 g/mol. The first-order chi connectivity index (χ1) is 8.95. The second kappa shape index (κ2) is 7.33. The number of nitrogens with one attached hydrogen (secondary N) is 1. The molecule has 19 heavy (non-hydrogen) atoms. The van der Waals surface area contributed by atoms with Crippen molar-refractivity contribution in [2.75, 3.05) is 20.2 Å². The Labute approximate surface area is 114 Å². The smallest absolute Gasteiger partial charge is 0.326 e. The first-order valence-electron chi connectivity index (χ1n) is 6.81. The molecule has 1 fully saturated rings. The molecule has 2 amide bonds. The number of rotatable bonds is 6. The number of carbonyl (C=O) groups is 2. The first kappa shape index (κ1) is 15.8. The largest absolute Gasteiger partial charge is 0.480 e. The molecule has 0 spiro atoms. The number of aliphatic carboxylic acids is 1. The van der Waals surface area contributed by atoms with Gasteiger partial charge in [0, 0.05) is 20.2 Å². The van der Waals surface area contributed by atoms with E-state index in [-0.39, 0.29) is 18.1 Å². The summed E-state index contributed by atoms with van der Waals surface area (Å²) in [6.07, 6.45) is 2.74. The number of amides is 2. The fourth-order valence-electron chi connectivity index (χ4n) is 2.10. The molecule has 6 nitrogen and oxygen atoms in total. The second-order valence-corrected chi connectivity index (χ2v) is 5.17. The Morgan fingerprint density at radius 2 is 2.21 bits per heavy atom. The molecule has 1 aliphatic heterocycles. The minimum Gasteiger partial charge on any atom is -0.480 e. The molecule has 0 bridgehead atoms. The highest BCUT2D eigenvalue weighted by Crippen LogP contribution is 2.13. The zero-order valence-corrected chi connectivity index (χ0v) is 11.9. The van der Waals surface area contributed by atoms with Crippen LogP contribution in [0, 0.1) is 5.92 Å². The summed E-state index contributed by atoms with van der Waals surface area (Å²) in [5.74, 6) is -1.09. The fourth-order valence-corrected chi connectivity index (χ4v) is 2.10. The Bertz CT molecular complexity index is 316. The minimum absolute atomic E-state index is 0.0719. The lowest BCUT2D eigenvalue weighted by Crippen LogP contribution is -2.50. The van der Waals surface area contributed by atoms with Gasteiger partial charge >= 0.3 is 12.0 Å². The third-order valence-electron chi connectivity index (χ3n) is 3.61. The van der Waals surface area contributed by atoms with Crippen LogP contribution in [0.1, 0.15) is 33.1 Å². The van der Waals surface area contributed by atoms with E-state index >= 15 is 0 Å². The van der Waals surface area contributed by atoms with Crippen molar-refractivity contribution >= 4 is 12.0 Å². The molecule has 1 unspecified atom stereocenters. The molecule has 0 aromatic carbocycles. The third kappa shape index (κ3) is 4.70. The van der Waals surface area contributed by atoms with Crippen LogP contribution < -0.4 is 5.32 Å². The van der Waals surface area contributed by atoms with Gasteiger partial charge in [-0.05, 0) is 18.8 Å². The quantitative estimate of drug-likeness (QED) is 0.764. The summed E-state index contributed by atoms with van der Waals surface area (Å²) in [4.78, 5) is 24.6. The normalized spacial score (nSPS) is 21.7. The third-order valence-corrected chi connectivity index (χ3v) is 3.61. The van der Waals surface area contributed by atoms with Crippen LogP contribution in [0.2, 0.25) is 0 Å². The molecule has 1 saturated heterocycles. The van der Waals surface area contributed by atoms with E-state index in [0.29, 0.717) is 13.0 Å². The van der Waals surface area contributed by atoms with Gasteiger partial charge in [-0.25, -0.2) is 9.59 Å². The maximum absolute atomic E-state index is 12.0. The number of nitrogens with zero attached hydrogens (tertiary/aromatic N) is 1. The van der Waals surface area contributed by atoms with Gasteiger partial charge in [-0.1, -0.05) is 20.3 Å². The topological polar surface area (TPSA) is 78.9 Å². The predicted octanol–water partition coefficient (Wildman–Crippen LogP) is 1.31. The maximum Gasteiger partial charge on any atom is 0.326 e. The number of hydrogen-bond acceptors (Lipinski definition) is 3. The summed E-state index contributed by atoms with van der Waals surface area (Å²) in [7, 11) is 1.66. The zero-order chi connectivity index (χ0) is 14.4. The Kier molecular flexibility index (Phi) is 6.08. The maximum atomic E-state index is 12.0. The number of carboxylic acid groups (broad SMARTS) is 1. The fraction of sp³-hybridized carbons (Fsp3) is 0.846. The average Bonchev–Trinajstić information content (AvgIpc) is 2.86. The van der Waals surface area contributed by atoms with Crippen LogP contribution >= 0.6 is 0 Å². The zero-order valence-electron chi connectivity index (χ0n) is 11.9. The lowest BCUT2D eigenvalue weighted by molar-refractivity contribution is -0.140. The van der Waals surface area contributed by atoms with Crippen molar-refractivity contribution in [2.24, 2.45) is 5.92 Å². The predicted molar refractivity (Wildman–Crippen MR) is 71.0 cm³/mol. The highest BCUT2D eigenvalue weighted by Gasteiger charge is 2.27. The molecule has 0 radical (unpaired) electrons. The number of ether oxygens (including phenoxy) is 1. The second-order valence-electron chi connectivity index (χ2n) is 5.17. The van der Waals surface area contributed by atoms with Gasteiger partial charge in [-0.15, -0.1) is 0 Å². The van der Waals surface area contributed by atoms with E-state index in [4.69, 9.17) is 9.84 Å². The number of carboxylic acids is 1. The molecule has 0 aliphatic carbocycles. The first-order valence-corrected chi connectivity index (χ1v) is 6.81. The van der Waals surface area contributed by atoms with Gasteiger partial charge < -0.3 is 20.1 Å². The molecule has 0 saturated carbocycles. The van der Waals surface area contributed by atoms with Gasteiger partial charge in [0.15, 0.2) is 0 Å². The summed E-state index contributed by atoms with van der Waals surface area (Å²) in [6.45, 7) is 4.96. The van der Waals surface area contributed by atoms with Crippen molar-refractivity contribution < 1.29 is 19.4 Å². The van der Waals surface area contributed by atoms with E-state index < -0.39 is 12.0 Å². The van der Waals surface area contributed by atoms with Crippen LogP contribution in [0.25, 0.3) is 0 Å². The van der Waals surface area contributed by atoms with Crippen molar-refractivity contribution in [3.05, 3.63) is 0 Å². The van der Waals surface area contributed by atoms with Crippen molar-refractivity contribution in [2.45, 2.75) is 45.3 Å². The van der Waals surface area contributed by atoms with E-state index in [9.17, 15) is 9.59 Å². The molecule has 0 aromatic heterocycles. The minimum atomic E-state index is -0.992. The van der Waals surface area contributed by atoms with Gasteiger partial charge in [0.05, 0.1) is 6.10 Å². The van der Waals surface area contributed by atoms with Crippen LogP contribution in [0.15, 0.2) is 0 Å². The number of carbonyl (C=O) groups excluding carboxylic acids is 1. The lowest BCUT2D eigenvalue weighted by atomic mass is 9.99. The summed E-state index contributed by atoms with van der Waals surface area (Å²) in [5.41, 5.74) is 0. The summed E-state index contributed by atoms with van der Waals surface area (Å²) < 4.78 is 5.46. The van der Waals surface area contributed by atoms with Gasteiger partial charge in [-0.3, -0.25) is 0 Å². The number of likely N-dealkylation sites (N-methyl/N-ethyl adjacent to an activating group) is 1. The van der Waals surface area contributed by atoms with Crippen molar-refractivity contribution in [1.29, 1.82) is 0 Å². The molecule has 3 atom stereocenters. The van der Waals surface area contributed by atoms with E-state index in [2.05, 4.69) is 5.32 Å². The Balaban J connectivity index is 2.48. The van der Waals surface area contributed by atoms with E-state index in [1.165, 1.54) is 4.90 Å².